The van der Waals surface area contributed by atoms with Crippen molar-refractivity contribution in [1.29, 1.82) is 0 Å². The van der Waals surface area contributed by atoms with Gasteiger partial charge in [-0.05, 0) is 18.1 Å². The Labute approximate surface area is 147 Å². The minimum Gasteiger partial charge on any atom is -0.495 e. The van der Waals surface area contributed by atoms with E-state index < -0.39 is 29.6 Å². The molecule has 2 amide bonds. The average molecular weight is 373 g/mol. The highest BCUT2D eigenvalue weighted by atomic mass is 19.4. The summed E-state index contributed by atoms with van der Waals surface area (Å²) in [6.07, 6.45) is -4.73. The Hall–Kier alpha value is -2.75. The molecule has 0 unspecified atom stereocenters. The van der Waals surface area contributed by atoms with Gasteiger partial charge in [-0.3, -0.25) is 15.0 Å². The Bertz CT molecular complexity index is 749. The number of benzene rings is 1. The van der Waals surface area contributed by atoms with Crippen LogP contribution in [0.1, 0.15) is 13.8 Å². The van der Waals surface area contributed by atoms with Crippen molar-refractivity contribution in [3.63, 3.8) is 0 Å². The number of allylic oxidation sites excluding steroid dienone is 1. The van der Waals surface area contributed by atoms with E-state index in [0.29, 0.717) is 6.08 Å². The van der Waals surface area contributed by atoms with Gasteiger partial charge in [-0.1, -0.05) is 26.0 Å². The number of aliphatic hydroxyl groups is 1. The summed E-state index contributed by atoms with van der Waals surface area (Å²) in [6.45, 7) is 3.14. The number of hydrazine groups is 1. The fourth-order valence-corrected chi connectivity index (χ4v) is 2.26. The number of hydrogen-bond acceptors (Lipinski definition) is 5. The zero-order valence-corrected chi connectivity index (χ0v) is 14.2. The molecule has 0 aromatic heterocycles. The first-order valence-electron chi connectivity index (χ1n) is 7.58. The maximum absolute atomic E-state index is 13.3. The molecule has 0 aliphatic carbocycles. The van der Waals surface area contributed by atoms with Gasteiger partial charge in [0.2, 0.25) is 0 Å². The summed E-state index contributed by atoms with van der Waals surface area (Å²) in [5.41, 5.74) is -1.41. The van der Waals surface area contributed by atoms with Crippen molar-refractivity contribution < 1.29 is 32.6 Å². The molecule has 0 bridgehead atoms. The van der Waals surface area contributed by atoms with Gasteiger partial charge >= 0.3 is 18.0 Å². The lowest BCUT2D eigenvalue weighted by Gasteiger charge is -2.33. The van der Waals surface area contributed by atoms with Crippen LogP contribution < -0.4 is 15.5 Å². The molecule has 1 aromatic carbocycles. The summed E-state index contributed by atoms with van der Waals surface area (Å²) in [4.78, 5) is 24.5. The number of carbonyl (C=O) groups excluding carboxylic acids is 2. The van der Waals surface area contributed by atoms with Crippen molar-refractivity contribution in [2.45, 2.75) is 25.7 Å². The van der Waals surface area contributed by atoms with Crippen LogP contribution in [0.15, 0.2) is 36.0 Å². The highest BCUT2D eigenvalue weighted by molar-refractivity contribution is 6.39. The van der Waals surface area contributed by atoms with Gasteiger partial charge in [0.15, 0.2) is 0 Å². The molecule has 7 nitrogen and oxygen atoms in total. The number of halogens is 3. The topological polar surface area (TPSA) is 90.9 Å². The quantitative estimate of drug-likeness (QED) is 0.703. The number of alkyl halides is 3. The second-order valence-electron chi connectivity index (χ2n) is 5.89. The van der Waals surface area contributed by atoms with Crippen LogP contribution in [0.3, 0.4) is 0 Å². The van der Waals surface area contributed by atoms with E-state index in [4.69, 9.17) is 4.74 Å². The van der Waals surface area contributed by atoms with Crippen LogP contribution in [0.25, 0.3) is 0 Å². The third-order valence-electron chi connectivity index (χ3n) is 3.73. The van der Waals surface area contributed by atoms with Crippen LogP contribution in [-0.4, -0.2) is 40.9 Å². The highest BCUT2D eigenvalue weighted by Gasteiger charge is 2.62. The molecule has 142 valence electrons. The average Bonchev–Trinajstić information content (AvgIpc) is 2.93. The van der Waals surface area contributed by atoms with Crippen LogP contribution in [-0.2, 0) is 9.59 Å². The molecule has 1 aliphatic rings. The van der Waals surface area contributed by atoms with E-state index in [1.54, 1.807) is 26.0 Å². The van der Waals surface area contributed by atoms with Gasteiger partial charge in [-0.2, -0.15) is 13.2 Å². The van der Waals surface area contributed by atoms with Crippen molar-refractivity contribution in [1.82, 2.24) is 10.4 Å². The predicted molar refractivity (Wildman–Crippen MR) is 85.5 cm³/mol. The number of para-hydroxylation sites is 2. The van der Waals surface area contributed by atoms with Gasteiger partial charge in [0, 0.05) is 11.8 Å². The van der Waals surface area contributed by atoms with E-state index in [2.05, 4.69) is 10.7 Å². The summed E-state index contributed by atoms with van der Waals surface area (Å²) in [5.74, 6) is -3.21. The van der Waals surface area contributed by atoms with E-state index >= 15 is 0 Å². The minimum atomic E-state index is -5.21. The standard InChI is InChI=1S/C16H18F3N3O4/c1-9(2)11-8-15(25,16(17,18)19)22(21-11)14(24)13(23)20-10-6-4-5-7-12(10)26-3/h4-9,21,25H,1-3H3,(H,20,23)/t15-/m1/s1. The predicted octanol–water partition coefficient (Wildman–Crippen LogP) is 1.77. The third kappa shape index (κ3) is 3.45. The molecule has 1 atom stereocenters. The summed E-state index contributed by atoms with van der Waals surface area (Å²) in [5, 5.41) is 12.1. The number of rotatable bonds is 3. The van der Waals surface area contributed by atoms with Gasteiger partial charge in [0.25, 0.3) is 5.72 Å². The van der Waals surface area contributed by atoms with Crippen molar-refractivity contribution in [3.8, 4) is 5.75 Å². The second-order valence-corrected chi connectivity index (χ2v) is 5.89. The number of nitrogens with zero attached hydrogens (tertiary/aromatic N) is 1. The lowest BCUT2D eigenvalue weighted by atomic mass is 10.1. The molecule has 0 saturated carbocycles. The third-order valence-corrected chi connectivity index (χ3v) is 3.73. The Balaban J connectivity index is 2.28. The molecule has 1 aromatic rings. The Kier molecular flexibility index (Phi) is 5.17. The van der Waals surface area contributed by atoms with Crippen LogP contribution >= 0.6 is 0 Å². The van der Waals surface area contributed by atoms with Gasteiger partial charge in [0.05, 0.1) is 12.8 Å². The molecule has 1 heterocycles. The number of ether oxygens (including phenoxy) is 1. The van der Waals surface area contributed by atoms with E-state index in [9.17, 15) is 27.9 Å². The van der Waals surface area contributed by atoms with Gasteiger partial charge in [0.1, 0.15) is 5.75 Å². The normalized spacial score (nSPS) is 19.8. The van der Waals surface area contributed by atoms with Crippen LogP contribution in [0.2, 0.25) is 0 Å². The highest BCUT2D eigenvalue weighted by Crippen LogP contribution is 2.39. The Morgan fingerprint density at radius 1 is 1.31 bits per heavy atom. The zero-order valence-electron chi connectivity index (χ0n) is 14.2. The molecular weight excluding hydrogens is 355 g/mol. The molecule has 0 saturated heterocycles. The maximum Gasteiger partial charge on any atom is 0.442 e. The first-order chi connectivity index (χ1) is 12.0. The van der Waals surface area contributed by atoms with E-state index in [0.717, 1.165) is 0 Å². The first kappa shape index (κ1) is 19.6. The number of hydrogen-bond donors (Lipinski definition) is 3. The molecule has 26 heavy (non-hydrogen) atoms. The molecule has 2 rings (SSSR count). The minimum absolute atomic E-state index is 0.0386. The van der Waals surface area contributed by atoms with Gasteiger partial charge in [-0.15, -0.1) is 0 Å². The van der Waals surface area contributed by atoms with Crippen LogP contribution in [0.4, 0.5) is 18.9 Å². The Morgan fingerprint density at radius 2 is 1.92 bits per heavy atom. The number of methoxy groups -OCH3 is 1. The fraction of sp³-hybridized carbons (Fsp3) is 0.375. The summed E-state index contributed by atoms with van der Waals surface area (Å²) < 4.78 is 45.0. The van der Waals surface area contributed by atoms with Crippen molar-refractivity contribution in [2.24, 2.45) is 5.92 Å². The van der Waals surface area contributed by atoms with Crippen molar-refractivity contribution in [2.75, 3.05) is 12.4 Å². The lowest BCUT2D eigenvalue weighted by molar-refractivity contribution is -0.288. The number of anilines is 1. The summed E-state index contributed by atoms with van der Waals surface area (Å²) in [7, 11) is 1.33. The van der Waals surface area contributed by atoms with Crippen LogP contribution in [0.5, 0.6) is 5.75 Å². The molecule has 0 spiro atoms. The van der Waals surface area contributed by atoms with Gasteiger partial charge < -0.3 is 15.2 Å². The lowest BCUT2D eigenvalue weighted by Crippen LogP contribution is -2.62. The number of carbonyl (C=O) groups is 2. The van der Waals surface area contributed by atoms with E-state index in [1.807, 2.05) is 0 Å². The number of amides is 2. The molecular formula is C16H18F3N3O4. The largest absolute Gasteiger partial charge is 0.495 e. The van der Waals surface area contributed by atoms with E-state index in [1.165, 1.54) is 19.2 Å². The molecule has 1 aliphatic heterocycles. The van der Waals surface area contributed by atoms with Crippen molar-refractivity contribution in [3.05, 3.63) is 36.0 Å². The second kappa shape index (κ2) is 6.87. The first-order valence-corrected chi connectivity index (χ1v) is 7.58. The monoisotopic (exact) mass is 373 g/mol. The van der Waals surface area contributed by atoms with E-state index in [-0.39, 0.29) is 22.1 Å². The number of nitrogens with one attached hydrogen (secondary N) is 2. The maximum atomic E-state index is 13.3. The molecule has 10 heteroatoms. The summed E-state index contributed by atoms with van der Waals surface area (Å²) in [6, 6.07) is 6.06. The Morgan fingerprint density at radius 3 is 2.46 bits per heavy atom. The smallest absolute Gasteiger partial charge is 0.442 e. The van der Waals surface area contributed by atoms with Crippen molar-refractivity contribution >= 4 is 17.5 Å². The molecule has 3 N–H and O–H groups in total. The molecule has 0 radical (unpaired) electrons. The summed E-state index contributed by atoms with van der Waals surface area (Å²) >= 11 is 0. The van der Waals surface area contributed by atoms with Crippen LogP contribution in [0, 0.1) is 5.92 Å². The SMILES string of the molecule is COc1ccccc1NC(=O)C(=O)N1NC(C(C)C)=C[C@@]1(O)C(F)(F)F. The fourth-order valence-electron chi connectivity index (χ4n) is 2.26. The van der Waals surface area contributed by atoms with Gasteiger partial charge in [-0.25, -0.2) is 5.01 Å². The zero-order chi connectivity index (χ0) is 19.7. The molecule has 0 fully saturated rings.